The molecule has 1 unspecified atom stereocenters. The van der Waals surface area contributed by atoms with Crippen LogP contribution in [0.25, 0.3) is 0 Å². The summed E-state index contributed by atoms with van der Waals surface area (Å²) in [6.45, 7) is -0.398. The first kappa shape index (κ1) is 10.1. The van der Waals surface area contributed by atoms with Crippen LogP contribution < -0.4 is 5.32 Å². The summed E-state index contributed by atoms with van der Waals surface area (Å²) in [6.07, 6.45) is 2.00. The predicted molar refractivity (Wildman–Crippen MR) is 70.7 cm³/mol. The zero-order valence-corrected chi connectivity index (χ0v) is 10.0. The Morgan fingerprint density at radius 1 is 1.00 bits per heavy atom. The predicted octanol–water partition coefficient (Wildman–Crippen LogP) is 3.42. The van der Waals surface area contributed by atoms with Gasteiger partial charge in [-0.05, 0) is 41.2 Å². The molecule has 0 saturated carbocycles. The lowest BCUT2D eigenvalue weighted by Gasteiger charge is -2.30. The van der Waals surface area contributed by atoms with Crippen LogP contribution in [0, 0.1) is 0 Å². The Morgan fingerprint density at radius 3 is 2.72 bits per heavy atom. The van der Waals surface area contributed by atoms with Crippen molar-refractivity contribution in [1.29, 1.82) is 0 Å². The lowest BCUT2D eigenvalue weighted by Crippen LogP contribution is -2.36. The molecule has 2 aliphatic rings. The van der Waals surface area contributed by atoms with Crippen LogP contribution in [0.15, 0.2) is 42.5 Å². The van der Waals surface area contributed by atoms with Crippen molar-refractivity contribution in [3.05, 3.63) is 64.7 Å². The van der Waals surface area contributed by atoms with Gasteiger partial charge < -0.3 is 5.32 Å². The van der Waals surface area contributed by atoms with Gasteiger partial charge in [-0.15, -0.1) is 0 Å². The Bertz CT molecular complexity index is 635. The standard InChI is InChI=1S/C16H14FN/c17-10-16-13-5-2-1-4-11(13)8-9-12-14(16)6-3-7-15(12)18-16/h1-7,18H,8-10H2. The molecule has 1 atom stereocenters. The molecular formula is C16H14FN. The monoisotopic (exact) mass is 239 g/mol. The molecule has 4 bridgehead atoms. The quantitative estimate of drug-likeness (QED) is 0.804. The summed E-state index contributed by atoms with van der Waals surface area (Å²) >= 11 is 0. The Hall–Kier alpha value is -1.83. The van der Waals surface area contributed by atoms with Crippen molar-refractivity contribution in [2.75, 3.05) is 12.0 Å². The van der Waals surface area contributed by atoms with E-state index >= 15 is 0 Å². The molecule has 1 N–H and O–H groups in total. The minimum Gasteiger partial charge on any atom is -0.369 e. The van der Waals surface area contributed by atoms with Crippen LogP contribution in [-0.2, 0) is 18.4 Å². The maximum Gasteiger partial charge on any atom is 0.121 e. The van der Waals surface area contributed by atoms with Crippen LogP contribution in [0.5, 0.6) is 0 Å². The van der Waals surface area contributed by atoms with Crippen LogP contribution >= 0.6 is 0 Å². The minimum absolute atomic E-state index is 0.398. The number of halogens is 1. The Balaban J connectivity index is 2.06. The van der Waals surface area contributed by atoms with Gasteiger partial charge in [0.25, 0.3) is 0 Å². The molecule has 1 nitrogen and oxygen atoms in total. The van der Waals surface area contributed by atoms with Crippen molar-refractivity contribution in [1.82, 2.24) is 0 Å². The van der Waals surface area contributed by atoms with Gasteiger partial charge in [0.15, 0.2) is 0 Å². The number of benzene rings is 2. The second kappa shape index (κ2) is 3.35. The lowest BCUT2D eigenvalue weighted by atomic mass is 9.84. The molecule has 2 aromatic carbocycles. The highest BCUT2D eigenvalue weighted by Gasteiger charge is 2.44. The van der Waals surface area contributed by atoms with Crippen molar-refractivity contribution in [2.45, 2.75) is 18.4 Å². The Morgan fingerprint density at radius 2 is 1.83 bits per heavy atom. The summed E-state index contributed by atoms with van der Waals surface area (Å²) in [6, 6.07) is 14.4. The van der Waals surface area contributed by atoms with Crippen molar-refractivity contribution in [3.63, 3.8) is 0 Å². The SMILES string of the molecule is FCC12Nc3cccc1c3CCc1ccccc12. The molecule has 4 rings (SSSR count). The summed E-state index contributed by atoms with van der Waals surface area (Å²) in [5.41, 5.74) is 5.27. The van der Waals surface area contributed by atoms with Crippen LogP contribution in [0.1, 0.15) is 22.3 Å². The van der Waals surface area contributed by atoms with Gasteiger partial charge in [0.2, 0.25) is 0 Å². The molecule has 2 aromatic rings. The number of hydrogen-bond acceptors (Lipinski definition) is 1. The fourth-order valence-electron chi connectivity index (χ4n) is 3.47. The maximum absolute atomic E-state index is 13.9. The first-order chi connectivity index (χ1) is 8.85. The largest absolute Gasteiger partial charge is 0.369 e. The van der Waals surface area contributed by atoms with E-state index in [4.69, 9.17) is 0 Å². The van der Waals surface area contributed by atoms with Gasteiger partial charge in [-0.2, -0.15) is 0 Å². The normalized spacial score (nSPS) is 23.2. The molecule has 0 fully saturated rings. The molecular weight excluding hydrogens is 225 g/mol. The van der Waals surface area contributed by atoms with E-state index in [2.05, 4.69) is 29.6 Å². The average molecular weight is 239 g/mol. The molecule has 2 heteroatoms. The number of rotatable bonds is 1. The smallest absolute Gasteiger partial charge is 0.121 e. The Kier molecular flexibility index (Phi) is 1.88. The second-order valence-electron chi connectivity index (χ2n) is 5.15. The van der Waals surface area contributed by atoms with Gasteiger partial charge in [0, 0.05) is 5.69 Å². The van der Waals surface area contributed by atoms with E-state index in [0.717, 1.165) is 29.7 Å². The number of aryl methyl sites for hydroxylation is 1. The van der Waals surface area contributed by atoms with E-state index in [1.54, 1.807) is 0 Å². The molecule has 0 radical (unpaired) electrons. The van der Waals surface area contributed by atoms with Crippen LogP contribution in [0.3, 0.4) is 0 Å². The summed E-state index contributed by atoms with van der Waals surface area (Å²) in [7, 11) is 0. The Labute approximate surface area is 106 Å². The molecule has 0 aromatic heterocycles. The third kappa shape index (κ3) is 1.06. The second-order valence-corrected chi connectivity index (χ2v) is 5.15. The van der Waals surface area contributed by atoms with Crippen LogP contribution in [-0.4, -0.2) is 6.67 Å². The van der Waals surface area contributed by atoms with Gasteiger partial charge in [-0.3, -0.25) is 0 Å². The average Bonchev–Trinajstić information content (AvgIpc) is 2.54. The fraction of sp³-hybridized carbons (Fsp3) is 0.250. The lowest BCUT2D eigenvalue weighted by molar-refractivity contribution is 0.386. The van der Waals surface area contributed by atoms with Crippen LogP contribution in [0.2, 0.25) is 0 Å². The highest BCUT2D eigenvalue weighted by Crippen LogP contribution is 2.48. The van der Waals surface area contributed by atoms with E-state index < -0.39 is 12.2 Å². The molecule has 90 valence electrons. The zero-order chi connectivity index (χ0) is 12.2. The van der Waals surface area contributed by atoms with Gasteiger partial charge >= 0.3 is 0 Å². The van der Waals surface area contributed by atoms with Gasteiger partial charge in [0.05, 0.1) is 0 Å². The summed E-state index contributed by atoms with van der Waals surface area (Å²) in [4.78, 5) is 0. The van der Waals surface area contributed by atoms with Gasteiger partial charge in [-0.1, -0.05) is 36.4 Å². The minimum atomic E-state index is -0.638. The van der Waals surface area contributed by atoms with E-state index in [9.17, 15) is 4.39 Å². The molecule has 1 aliphatic heterocycles. The van der Waals surface area contributed by atoms with E-state index in [1.807, 2.05) is 18.2 Å². The zero-order valence-electron chi connectivity index (χ0n) is 10.0. The number of anilines is 1. The first-order valence-electron chi connectivity index (χ1n) is 6.40. The molecule has 0 spiro atoms. The molecule has 1 aliphatic carbocycles. The first-order valence-corrected chi connectivity index (χ1v) is 6.40. The maximum atomic E-state index is 13.9. The van der Waals surface area contributed by atoms with Gasteiger partial charge in [-0.25, -0.2) is 4.39 Å². The number of nitrogens with one attached hydrogen (secondary N) is 1. The van der Waals surface area contributed by atoms with E-state index in [-0.39, 0.29) is 0 Å². The fourth-order valence-corrected chi connectivity index (χ4v) is 3.47. The third-order valence-electron chi connectivity index (χ3n) is 4.31. The van der Waals surface area contributed by atoms with Crippen molar-refractivity contribution in [2.24, 2.45) is 0 Å². The molecule has 0 saturated heterocycles. The summed E-state index contributed by atoms with van der Waals surface area (Å²) in [5, 5.41) is 3.42. The van der Waals surface area contributed by atoms with Crippen LogP contribution in [0.4, 0.5) is 10.1 Å². The highest BCUT2D eigenvalue weighted by molar-refractivity contribution is 5.71. The topological polar surface area (TPSA) is 12.0 Å². The van der Waals surface area contributed by atoms with E-state index in [0.29, 0.717) is 0 Å². The molecule has 18 heavy (non-hydrogen) atoms. The molecule has 0 amide bonds. The summed E-state index contributed by atoms with van der Waals surface area (Å²) in [5.74, 6) is 0. The highest BCUT2D eigenvalue weighted by atomic mass is 19.1. The number of alkyl halides is 1. The van der Waals surface area contributed by atoms with E-state index in [1.165, 1.54) is 11.1 Å². The van der Waals surface area contributed by atoms with Crippen molar-refractivity contribution >= 4 is 5.69 Å². The van der Waals surface area contributed by atoms with Crippen molar-refractivity contribution in [3.8, 4) is 0 Å². The third-order valence-corrected chi connectivity index (χ3v) is 4.31. The van der Waals surface area contributed by atoms with Gasteiger partial charge in [0.1, 0.15) is 12.2 Å². The number of hydrogen-bond donors (Lipinski definition) is 1. The summed E-state index contributed by atoms with van der Waals surface area (Å²) < 4.78 is 13.9. The number of fused-ring (bicyclic) bond motifs is 2. The molecule has 1 heterocycles. The van der Waals surface area contributed by atoms with Crippen molar-refractivity contribution < 1.29 is 4.39 Å².